The summed E-state index contributed by atoms with van der Waals surface area (Å²) >= 11 is 0. The predicted molar refractivity (Wildman–Crippen MR) is 141 cm³/mol. The number of hydrogen-bond donors (Lipinski definition) is 0. The van der Waals surface area contributed by atoms with Crippen molar-refractivity contribution in [2.45, 2.75) is 110 Å². The van der Waals surface area contributed by atoms with E-state index in [9.17, 15) is 0 Å². The molecule has 1 aromatic heterocycles. The summed E-state index contributed by atoms with van der Waals surface area (Å²) in [5.41, 5.74) is 0.999. The highest BCUT2D eigenvalue weighted by atomic mass is 16.5. The van der Waals surface area contributed by atoms with E-state index >= 15 is 0 Å². The SMILES string of the molecule is CCCCCCCCCCOc1ccc(-c2ncc(OCCCCC3CCCCC3)cn2)cc1. The average molecular weight is 467 g/mol. The smallest absolute Gasteiger partial charge is 0.159 e. The first kappa shape index (κ1) is 26.5. The van der Waals surface area contributed by atoms with Crippen LogP contribution in [0.5, 0.6) is 11.5 Å². The molecule has 1 aromatic carbocycles. The molecule has 188 valence electrons. The van der Waals surface area contributed by atoms with Gasteiger partial charge in [0.2, 0.25) is 0 Å². The van der Waals surface area contributed by atoms with Crippen molar-refractivity contribution in [3.8, 4) is 22.9 Å². The van der Waals surface area contributed by atoms with Gasteiger partial charge in [-0.05, 0) is 49.4 Å². The van der Waals surface area contributed by atoms with Crippen molar-refractivity contribution in [1.29, 1.82) is 0 Å². The van der Waals surface area contributed by atoms with Crippen LogP contribution in [-0.4, -0.2) is 23.2 Å². The predicted octanol–water partition coefficient (Wildman–Crippen LogP) is 8.79. The van der Waals surface area contributed by atoms with Crippen molar-refractivity contribution in [2.75, 3.05) is 13.2 Å². The third kappa shape index (κ3) is 10.4. The second kappa shape index (κ2) is 16.5. The van der Waals surface area contributed by atoms with Crippen LogP contribution in [0.1, 0.15) is 110 Å². The molecule has 0 N–H and O–H groups in total. The molecule has 0 amide bonds. The van der Waals surface area contributed by atoms with Crippen molar-refractivity contribution in [2.24, 2.45) is 5.92 Å². The van der Waals surface area contributed by atoms with Crippen molar-refractivity contribution < 1.29 is 9.47 Å². The number of unbranched alkanes of at least 4 members (excludes halogenated alkanes) is 8. The van der Waals surface area contributed by atoms with Crippen LogP contribution in [0.2, 0.25) is 0 Å². The first-order chi connectivity index (χ1) is 16.8. The van der Waals surface area contributed by atoms with Gasteiger partial charge in [0.1, 0.15) is 5.75 Å². The molecule has 1 fully saturated rings. The van der Waals surface area contributed by atoms with Gasteiger partial charge in [-0.2, -0.15) is 0 Å². The third-order valence-corrected chi connectivity index (χ3v) is 7.01. The molecule has 0 bridgehead atoms. The Morgan fingerprint density at radius 2 is 1.26 bits per heavy atom. The molecule has 1 heterocycles. The monoisotopic (exact) mass is 466 g/mol. The van der Waals surface area contributed by atoms with Gasteiger partial charge in [-0.25, -0.2) is 9.97 Å². The first-order valence-corrected chi connectivity index (χ1v) is 14.0. The van der Waals surface area contributed by atoms with E-state index < -0.39 is 0 Å². The van der Waals surface area contributed by atoms with Gasteiger partial charge >= 0.3 is 0 Å². The van der Waals surface area contributed by atoms with E-state index in [1.807, 2.05) is 24.3 Å². The quantitative estimate of drug-likeness (QED) is 0.218. The van der Waals surface area contributed by atoms with E-state index in [0.717, 1.165) is 54.9 Å². The molecule has 0 spiro atoms. The number of benzene rings is 1. The van der Waals surface area contributed by atoms with E-state index in [0.29, 0.717) is 0 Å². The van der Waals surface area contributed by atoms with Gasteiger partial charge < -0.3 is 9.47 Å². The molecule has 0 unspecified atom stereocenters. The van der Waals surface area contributed by atoms with Gasteiger partial charge in [0, 0.05) is 5.56 Å². The van der Waals surface area contributed by atoms with Crippen molar-refractivity contribution in [3.05, 3.63) is 36.7 Å². The molecule has 0 atom stereocenters. The summed E-state index contributed by atoms with van der Waals surface area (Å²) in [6, 6.07) is 8.09. The van der Waals surface area contributed by atoms with Crippen LogP contribution in [0.3, 0.4) is 0 Å². The molecule has 4 nitrogen and oxygen atoms in total. The van der Waals surface area contributed by atoms with E-state index in [-0.39, 0.29) is 0 Å². The highest BCUT2D eigenvalue weighted by Crippen LogP contribution is 2.27. The molecule has 0 radical (unpaired) electrons. The number of rotatable bonds is 17. The Balaban J connectivity index is 1.27. The lowest BCUT2D eigenvalue weighted by Gasteiger charge is -2.21. The van der Waals surface area contributed by atoms with E-state index in [4.69, 9.17) is 9.47 Å². The average Bonchev–Trinajstić information content (AvgIpc) is 2.89. The molecule has 0 aliphatic heterocycles. The molecule has 4 heteroatoms. The molecule has 2 aromatic rings. The van der Waals surface area contributed by atoms with Gasteiger partial charge in [-0.15, -0.1) is 0 Å². The number of hydrogen-bond acceptors (Lipinski definition) is 4. The van der Waals surface area contributed by atoms with Gasteiger partial charge in [0.05, 0.1) is 25.6 Å². The topological polar surface area (TPSA) is 44.2 Å². The van der Waals surface area contributed by atoms with E-state index in [1.165, 1.54) is 89.9 Å². The zero-order valence-corrected chi connectivity index (χ0v) is 21.5. The molecule has 1 aliphatic carbocycles. The summed E-state index contributed by atoms with van der Waals surface area (Å²) < 4.78 is 11.8. The Bertz CT molecular complexity index is 754. The summed E-state index contributed by atoms with van der Waals surface area (Å²) in [5, 5.41) is 0. The van der Waals surface area contributed by atoms with Crippen molar-refractivity contribution >= 4 is 0 Å². The fourth-order valence-corrected chi connectivity index (χ4v) is 4.87. The Morgan fingerprint density at radius 3 is 1.94 bits per heavy atom. The second-order valence-corrected chi connectivity index (χ2v) is 9.94. The van der Waals surface area contributed by atoms with Crippen LogP contribution in [0.25, 0.3) is 11.4 Å². The first-order valence-electron chi connectivity index (χ1n) is 14.0. The summed E-state index contributed by atoms with van der Waals surface area (Å²) in [6.45, 7) is 3.81. The summed E-state index contributed by atoms with van der Waals surface area (Å²) in [6.07, 6.45) is 25.0. The van der Waals surface area contributed by atoms with Crippen LogP contribution in [0, 0.1) is 5.92 Å². The number of aromatic nitrogens is 2. The lowest BCUT2D eigenvalue weighted by atomic mass is 9.86. The van der Waals surface area contributed by atoms with Crippen molar-refractivity contribution in [3.63, 3.8) is 0 Å². The summed E-state index contributed by atoms with van der Waals surface area (Å²) in [4.78, 5) is 8.99. The lowest BCUT2D eigenvalue weighted by molar-refractivity contribution is 0.282. The largest absolute Gasteiger partial charge is 0.494 e. The molecular weight excluding hydrogens is 420 g/mol. The van der Waals surface area contributed by atoms with Gasteiger partial charge in [-0.1, -0.05) is 90.4 Å². The Labute approximate surface area is 207 Å². The summed E-state index contributed by atoms with van der Waals surface area (Å²) in [7, 11) is 0. The van der Waals surface area contributed by atoms with Crippen LogP contribution in [0.4, 0.5) is 0 Å². The van der Waals surface area contributed by atoms with Crippen LogP contribution < -0.4 is 9.47 Å². The second-order valence-electron chi connectivity index (χ2n) is 9.94. The number of nitrogens with zero attached hydrogens (tertiary/aromatic N) is 2. The van der Waals surface area contributed by atoms with E-state index in [2.05, 4.69) is 16.9 Å². The molecule has 0 saturated heterocycles. The van der Waals surface area contributed by atoms with Gasteiger partial charge in [0.15, 0.2) is 11.6 Å². The summed E-state index contributed by atoms with van der Waals surface area (Å²) in [5.74, 6) is 3.35. The van der Waals surface area contributed by atoms with Crippen molar-refractivity contribution in [1.82, 2.24) is 9.97 Å². The maximum absolute atomic E-state index is 5.90. The fraction of sp³-hybridized carbons (Fsp3) is 0.667. The maximum Gasteiger partial charge on any atom is 0.159 e. The van der Waals surface area contributed by atoms with Gasteiger partial charge in [0.25, 0.3) is 0 Å². The molecule has 34 heavy (non-hydrogen) atoms. The standard InChI is InChI=1S/C30H46N2O2/c1-2-3-4-5-6-7-8-13-22-33-28-20-18-27(19-21-28)30-31-24-29(25-32-30)34-23-14-12-17-26-15-10-9-11-16-26/h18-21,24-26H,2-17,22-23H2,1H3. The Hall–Kier alpha value is -2.10. The minimum absolute atomic E-state index is 0.722. The lowest BCUT2D eigenvalue weighted by Crippen LogP contribution is -2.07. The molecular formula is C30H46N2O2. The third-order valence-electron chi connectivity index (χ3n) is 7.01. The normalized spacial score (nSPS) is 14.3. The maximum atomic E-state index is 5.90. The highest BCUT2D eigenvalue weighted by Gasteiger charge is 2.12. The zero-order valence-electron chi connectivity index (χ0n) is 21.5. The molecule has 1 saturated carbocycles. The Kier molecular flexibility index (Phi) is 12.9. The Morgan fingerprint density at radius 1 is 0.676 bits per heavy atom. The van der Waals surface area contributed by atoms with Gasteiger partial charge in [-0.3, -0.25) is 0 Å². The minimum Gasteiger partial charge on any atom is -0.494 e. The number of ether oxygens (including phenoxy) is 2. The molecule has 3 rings (SSSR count). The fourth-order valence-electron chi connectivity index (χ4n) is 4.87. The zero-order chi connectivity index (χ0) is 23.7. The molecule has 1 aliphatic rings. The van der Waals surface area contributed by atoms with E-state index in [1.54, 1.807) is 12.4 Å². The van der Waals surface area contributed by atoms with Crippen LogP contribution >= 0.6 is 0 Å². The highest BCUT2D eigenvalue weighted by molar-refractivity contribution is 5.56. The van der Waals surface area contributed by atoms with Crippen LogP contribution in [0.15, 0.2) is 36.7 Å². The van der Waals surface area contributed by atoms with Crippen LogP contribution in [-0.2, 0) is 0 Å². The minimum atomic E-state index is 0.722.